The Morgan fingerprint density at radius 1 is 1.15 bits per heavy atom. The van der Waals surface area contributed by atoms with Crippen molar-refractivity contribution >= 4 is 16.7 Å². The molecule has 0 atom stereocenters. The molecular formula is C21H28N4O. The molecule has 2 aliphatic rings. The third-order valence-electron chi connectivity index (χ3n) is 6.02. The fourth-order valence-electron chi connectivity index (χ4n) is 4.41. The second-order valence-corrected chi connectivity index (χ2v) is 7.61. The molecular weight excluding hydrogens is 324 g/mol. The van der Waals surface area contributed by atoms with E-state index in [-0.39, 0.29) is 5.91 Å². The monoisotopic (exact) mass is 352 g/mol. The molecule has 2 fully saturated rings. The summed E-state index contributed by atoms with van der Waals surface area (Å²) < 4.78 is 0. The van der Waals surface area contributed by atoms with E-state index >= 15 is 0 Å². The van der Waals surface area contributed by atoms with Crippen molar-refractivity contribution in [3.63, 3.8) is 0 Å². The van der Waals surface area contributed by atoms with Crippen LogP contribution in [0.2, 0.25) is 0 Å². The first-order valence-corrected chi connectivity index (χ1v) is 9.74. The van der Waals surface area contributed by atoms with E-state index in [1.807, 2.05) is 35.2 Å². The Balaban J connectivity index is 1.43. The summed E-state index contributed by atoms with van der Waals surface area (Å²) in [6.45, 7) is 7.31. The summed E-state index contributed by atoms with van der Waals surface area (Å²) in [7, 11) is 2.20. The molecule has 4 rings (SSSR count). The van der Waals surface area contributed by atoms with Crippen molar-refractivity contribution in [3.8, 4) is 0 Å². The van der Waals surface area contributed by atoms with Gasteiger partial charge in [0.25, 0.3) is 5.91 Å². The summed E-state index contributed by atoms with van der Waals surface area (Å²) in [6, 6.07) is 11.1. The Labute approximate surface area is 155 Å². The lowest BCUT2D eigenvalue weighted by atomic mass is 9.97. The molecule has 5 nitrogen and oxygen atoms in total. The van der Waals surface area contributed by atoms with Crippen LogP contribution in [0.4, 0.5) is 0 Å². The Kier molecular flexibility index (Phi) is 4.92. The molecule has 0 aliphatic carbocycles. The predicted molar refractivity (Wildman–Crippen MR) is 104 cm³/mol. The van der Waals surface area contributed by atoms with Gasteiger partial charge in [0.05, 0.1) is 0 Å². The zero-order valence-electron chi connectivity index (χ0n) is 15.8. The molecule has 0 bridgehead atoms. The fourth-order valence-corrected chi connectivity index (χ4v) is 4.41. The zero-order chi connectivity index (χ0) is 18.1. The minimum atomic E-state index is 0.0671. The molecule has 5 heteroatoms. The average Bonchev–Trinajstić information content (AvgIpc) is 2.64. The van der Waals surface area contributed by atoms with Crippen LogP contribution in [0.1, 0.15) is 30.3 Å². The van der Waals surface area contributed by atoms with Gasteiger partial charge >= 0.3 is 0 Å². The van der Waals surface area contributed by atoms with Gasteiger partial charge in [-0.1, -0.05) is 31.2 Å². The molecule has 2 saturated heterocycles. The molecule has 138 valence electrons. The summed E-state index contributed by atoms with van der Waals surface area (Å²) in [6.07, 6.45) is 4.21. The van der Waals surface area contributed by atoms with E-state index in [9.17, 15) is 4.79 Å². The van der Waals surface area contributed by atoms with E-state index in [0.717, 1.165) is 30.4 Å². The van der Waals surface area contributed by atoms with E-state index in [1.54, 1.807) is 6.20 Å². The van der Waals surface area contributed by atoms with Gasteiger partial charge in [0.2, 0.25) is 0 Å². The lowest BCUT2D eigenvalue weighted by molar-refractivity contribution is -0.000169. The Bertz CT molecular complexity index is 773. The number of likely N-dealkylation sites (tertiary alicyclic amines) is 2. The lowest BCUT2D eigenvalue weighted by Gasteiger charge is -2.49. The van der Waals surface area contributed by atoms with Gasteiger partial charge in [-0.3, -0.25) is 14.7 Å². The van der Waals surface area contributed by atoms with Crippen molar-refractivity contribution in [1.29, 1.82) is 0 Å². The van der Waals surface area contributed by atoms with Crippen molar-refractivity contribution in [2.24, 2.45) is 0 Å². The molecule has 0 saturated carbocycles. The number of fused-ring (bicyclic) bond motifs is 1. The highest BCUT2D eigenvalue weighted by Crippen LogP contribution is 2.25. The number of pyridine rings is 1. The zero-order valence-corrected chi connectivity index (χ0v) is 15.8. The number of hydrogen-bond donors (Lipinski definition) is 0. The minimum Gasteiger partial charge on any atom is -0.334 e. The summed E-state index contributed by atoms with van der Waals surface area (Å²) in [5, 5.41) is 2.02. The highest BCUT2D eigenvalue weighted by Gasteiger charge is 2.38. The number of carbonyl (C=O) groups excluding carboxylic acids is 1. The van der Waals surface area contributed by atoms with E-state index in [0.29, 0.717) is 17.8 Å². The fraction of sp³-hybridized carbons (Fsp3) is 0.524. The molecule has 3 heterocycles. The molecule has 2 aliphatic heterocycles. The average molecular weight is 352 g/mol. The number of carbonyl (C=O) groups is 1. The van der Waals surface area contributed by atoms with Gasteiger partial charge in [-0.05, 0) is 51.0 Å². The number of hydrogen-bond acceptors (Lipinski definition) is 4. The van der Waals surface area contributed by atoms with Crippen LogP contribution in [-0.4, -0.2) is 77.4 Å². The Hall–Kier alpha value is -1.98. The summed E-state index contributed by atoms with van der Waals surface area (Å²) in [5.74, 6) is 0.0671. The van der Waals surface area contributed by atoms with Gasteiger partial charge in [-0.25, -0.2) is 0 Å². The second kappa shape index (κ2) is 7.33. The number of aromatic nitrogens is 1. The second-order valence-electron chi connectivity index (χ2n) is 7.61. The first kappa shape index (κ1) is 17.4. The lowest BCUT2D eigenvalue weighted by Crippen LogP contribution is -2.64. The molecule has 1 aromatic heterocycles. The molecule has 0 unspecified atom stereocenters. The Morgan fingerprint density at radius 3 is 2.62 bits per heavy atom. The van der Waals surface area contributed by atoms with Crippen LogP contribution in [0, 0.1) is 0 Å². The van der Waals surface area contributed by atoms with Crippen LogP contribution in [0.3, 0.4) is 0 Å². The van der Waals surface area contributed by atoms with Crippen molar-refractivity contribution in [1.82, 2.24) is 19.7 Å². The largest absolute Gasteiger partial charge is 0.334 e. The van der Waals surface area contributed by atoms with E-state index in [1.165, 1.54) is 25.9 Å². The SMILES string of the molecule is CCN(C1CCN(C)CC1)C1CN(C(=O)c2nccc3ccccc23)C1. The molecule has 0 N–H and O–H groups in total. The van der Waals surface area contributed by atoms with Crippen LogP contribution in [0.25, 0.3) is 10.8 Å². The van der Waals surface area contributed by atoms with Crippen molar-refractivity contribution in [2.45, 2.75) is 31.8 Å². The van der Waals surface area contributed by atoms with Crippen molar-refractivity contribution in [3.05, 3.63) is 42.2 Å². The number of benzene rings is 1. The summed E-state index contributed by atoms with van der Waals surface area (Å²) in [5.41, 5.74) is 0.587. The van der Waals surface area contributed by atoms with Gasteiger partial charge in [0.1, 0.15) is 5.69 Å². The van der Waals surface area contributed by atoms with Crippen LogP contribution < -0.4 is 0 Å². The first-order chi connectivity index (χ1) is 12.7. The highest BCUT2D eigenvalue weighted by atomic mass is 16.2. The molecule has 0 radical (unpaired) electrons. The minimum absolute atomic E-state index is 0.0671. The maximum absolute atomic E-state index is 13.0. The maximum Gasteiger partial charge on any atom is 0.273 e. The van der Waals surface area contributed by atoms with E-state index < -0.39 is 0 Å². The molecule has 1 aromatic carbocycles. The third-order valence-corrected chi connectivity index (χ3v) is 6.02. The number of nitrogens with zero attached hydrogens (tertiary/aromatic N) is 4. The quantitative estimate of drug-likeness (QED) is 0.848. The van der Waals surface area contributed by atoms with E-state index in [2.05, 4.69) is 28.8 Å². The molecule has 0 spiro atoms. The third kappa shape index (κ3) is 3.21. The normalized spacial score (nSPS) is 19.9. The van der Waals surface area contributed by atoms with Crippen LogP contribution in [0.5, 0.6) is 0 Å². The maximum atomic E-state index is 13.0. The van der Waals surface area contributed by atoms with Gasteiger partial charge in [0.15, 0.2) is 0 Å². The van der Waals surface area contributed by atoms with Crippen molar-refractivity contribution < 1.29 is 4.79 Å². The van der Waals surface area contributed by atoms with Gasteiger partial charge in [-0.15, -0.1) is 0 Å². The van der Waals surface area contributed by atoms with Gasteiger partial charge in [0, 0.05) is 36.8 Å². The number of amides is 1. The summed E-state index contributed by atoms with van der Waals surface area (Å²) in [4.78, 5) is 24.3. The standard InChI is InChI=1S/C21H28N4O/c1-3-25(17-9-12-23(2)13-10-17)18-14-24(15-18)21(26)20-19-7-5-4-6-16(19)8-11-22-20/h4-8,11,17-18H,3,9-10,12-15H2,1-2H3. The summed E-state index contributed by atoms with van der Waals surface area (Å²) >= 11 is 0. The van der Waals surface area contributed by atoms with Gasteiger partial charge < -0.3 is 9.80 Å². The molecule has 1 amide bonds. The van der Waals surface area contributed by atoms with Crippen LogP contribution in [-0.2, 0) is 0 Å². The number of likely N-dealkylation sites (N-methyl/N-ethyl adjacent to an activating group) is 1. The van der Waals surface area contributed by atoms with Crippen molar-refractivity contribution in [2.75, 3.05) is 39.8 Å². The molecule has 2 aromatic rings. The van der Waals surface area contributed by atoms with E-state index in [4.69, 9.17) is 0 Å². The first-order valence-electron chi connectivity index (χ1n) is 9.74. The smallest absolute Gasteiger partial charge is 0.273 e. The molecule has 26 heavy (non-hydrogen) atoms. The van der Waals surface area contributed by atoms with Crippen LogP contribution in [0.15, 0.2) is 36.5 Å². The Morgan fingerprint density at radius 2 is 1.88 bits per heavy atom. The highest BCUT2D eigenvalue weighted by molar-refractivity contribution is 6.05. The number of piperidine rings is 1. The van der Waals surface area contributed by atoms with Gasteiger partial charge in [-0.2, -0.15) is 0 Å². The van der Waals surface area contributed by atoms with Crippen LogP contribution >= 0.6 is 0 Å². The predicted octanol–water partition coefficient (Wildman–Crippen LogP) is 2.48. The topological polar surface area (TPSA) is 39.7 Å². The number of rotatable bonds is 4.